The first-order valence-electron chi connectivity index (χ1n) is 3.83. The van der Waals surface area contributed by atoms with E-state index in [-0.39, 0.29) is 4.90 Å². The first-order valence-corrected chi connectivity index (χ1v) is 5.27. The van der Waals surface area contributed by atoms with Gasteiger partial charge in [0.1, 0.15) is 0 Å². The lowest BCUT2D eigenvalue weighted by Gasteiger charge is -2.01. The van der Waals surface area contributed by atoms with Gasteiger partial charge in [-0.1, -0.05) is 0 Å². The lowest BCUT2D eigenvalue weighted by Crippen LogP contribution is -1.98. The number of hydrogen-bond donors (Lipinski definition) is 0. The lowest BCUT2D eigenvalue weighted by molar-refractivity contribution is 0.597. The zero-order valence-corrected chi connectivity index (χ0v) is 8.56. The molecule has 7 heteroatoms. The zero-order chi connectivity index (χ0) is 11.5. The summed E-state index contributed by atoms with van der Waals surface area (Å²) >= 11 is 0. The van der Waals surface area contributed by atoms with Gasteiger partial charge in [-0.3, -0.25) is 0 Å². The molecule has 0 unspecified atom stereocenters. The Morgan fingerprint density at radius 2 is 2.20 bits per heavy atom. The van der Waals surface area contributed by atoms with Gasteiger partial charge in [0, 0.05) is 9.43 Å². The summed E-state index contributed by atoms with van der Waals surface area (Å²) in [5, 5.41) is 8.58. The molecule has 0 aliphatic rings. The van der Waals surface area contributed by atoms with Crippen molar-refractivity contribution in [3.05, 3.63) is 39.8 Å². The normalized spacial score (nSPS) is 10.1. The molecule has 0 amide bonds. The van der Waals surface area contributed by atoms with Crippen LogP contribution in [0.2, 0.25) is 0 Å². The van der Waals surface area contributed by atoms with Gasteiger partial charge in [0.2, 0.25) is 0 Å². The summed E-state index contributed by atoms with van der Waals surface area (Å²) in [6.07, 6.45) is 0. The van der Waals surface area contributed by atoms with E-state index in [1.807, 2.05) is 6.07 Å². The quantitative estimate of drug-likeness (QED) is 0.433. The van der Waals surface area contributed by atoms with Crippen molar-refractivity contribution < 1.29 is 8.42 Å². The van der Waals surface area contributed by atoms with Crippen molar-refractivity contribution in [3.8, 4) is 6.07 Å². The third kappa shape index (κ3) is 2.26. The Hall–Kier alpha value is -2.03. The monoisotopic (exact) mass is 222 g/mol. The van der Waals surface area contributed by atoms with E-state index in [1.165, 1.54) is 25.1 Å². The van der Waals surface area contributed by atoms with Gasteiger partial charge in [0.05, 0.1) is 16.5 Å². The van der Waals surface area contributed by atoms with E-state index in [2.05, 4.69) is 9.43 Å². The Morgan fingerprint density at radius 1 is 1.53 bits per heavy atom. The van der Waals surface area contributed by atoms with E-state index < -0.39 is 10.0 Å². The summed E-state index contributed by atoms with van der Waals surface area (Å²) in [7, 11) is -3.97. The van der Waals surface area contributed by atoms with Gasteiger partial charge in [-0.05, 0) is 36.2 Å². The lowest BCUT2D eigenvalue weighted by atomic mass is 10.2. The van der Waals surface area contributed by atoms with Gasteiger partial charge < -0.3 is 0 Å². The Bertz CT molecular complexity index is 579. The van der Waals surface area contributed by atoms with E-state index in [4.69, 9.17) is 10.8 Å². The summed E-state index contributed by atoms with van der Waals surface area (Å²) in [5.41, 5.74) is 8.81. The molecule has 76 valence electrons. The highest BCUT2D eigenvalue weighted by atomic mass is 32.2. The maximum Gasteiger partial charge on any atom is 0.264 e. The molecule has 0 atom stereocenters. The second-order valence-electron chi connectivity index (χ2n) is 2.74. The maximum atomic E-state index is 11.3. The number of nitrogens with zero attached hydrogens (tertiary/aromatic N) is 4. The van der Waals surface area contributed by atoms with Crippen LogP contribution in [-0.4, -0.2) is 8.42 Å². The predicted octanol–water partition coefficient (Wildman–Crippen LogP) is 1.87. The molecule has 0 saturated heterocycles. The van der Waals surface area contributed by atoms with E-state index in [0.29, 0.717) is 11.1 Å². The standard InChI is InChI=1S/C8H6N4O2S/c1-6-4-7(5-9)2-3-8(6)15(13,14)12-11-10/h2-4H,1H3. The van der Waals surface area contributed by atoms with Gasteiger partial charge in [-0.25, -0.2) is 8.42 Å². The third-order valence-corrected chi connectivity index (χ3v) is 3.03. The van der Waals surface area contributed by atoms with E-state index >= 15 is 0 Å². The summed E-state index contributed by atoms with van der Waals surface area (Å²) in [6, 6.07) is 5.90. The minimum atomic E-state index is -3.97. The second kappa shape index (κ2) is 4.00. The maximum absolute atomic E-state index is 11.3. The largest absolute Gasteiger partial charge is 0.264 e. The zero-order valence-electron chi connectivity index (χ0n) is 7.75. The molecule has 0 saturated carbocycles. The molecule has 0 bridgehead atoms. The molecule has 0 aliphatic heterocycles. The molecule has 0 aromatic heterocycles. The van der Waals surface area contributed by atoms with Gasteiger partial charge in [0.15, 0.2) is 0 Å². The van der Waals surface area contributed by atoms with Crippen molar-refractivity contribution in [1.29, 1.82) is 5.26 Å². The van der Waals surface area contributed by atoms with Crippen molar-refractivity contribution in [3.63, 3.8) is 0 Å². The first-order chi connectivity index (χ1) is 7.01. The van der Waals surface area contributed by atoms with Crippen LogP contribution in [0.15, 0.2) is 27.6 Å². The van der Waals surface area contributed by atoms with Crippen LogP contribution in [0.3, 0.4) is 0 Å². The number of nitriles is 1. The van der Waals surface area contributed by atoms with Crippen molar-refractivity contribution in [1.82, 2.24) is 0 Å². The molecule has 1 aromatic carbocycles. The fraction of sp³-hybridized carbons (Fsp3) is 0.125. The van der Waals surface area contributed by atoms with E-state index in [0.717, 1.165) is 0 Å². The summed E-state index contributed by atoms with van der Waals surface area (Å²) in [6.45, 7) is 1.53. The molecule has 15 heavy (non-hydrogen) atoms. The minimum absolute atomic E-state index is 0.0840. The fourth-order valence-corrected chi connectivity index (χ4v) is 1.99. The van der Waals surface area contributed by atoms with Crippen LogP contribution in [0.4, 0.5) is 0 Å². The topological polar surface area (TPSA) is 107 Å². The van der Waals surface area contributed by atoms with E-state index in [9.17, 15) is 8.42 Å². The first kappa shape index (κ1) is 11.0. The number of aryl methyl sites for hydroxylation is 1. The highest BCUT2D eigenvalue weighted by Crippen LogP contribution is 2.18. The molecule has 0 fully saturated rings. The fourth-order valence-electron chi connectivity index (χ4n) is 1.10. The highest BCUT2D eigenvalue weighted by molar-refractivity contribution is 7.90. The van der Waals surface area contributed by atoms with Crippen molar-refractivity contribution in [2.75, 3.05) is 0 Å². The van der Waals surface area contributed by atoms with Crippen LogP contribution in [0.5, 0.6) is 0 Å². The van der Waals surface area contributed by atoms with E-state index in [1.54, 1.807) is 0 Å². The summed E-state index contributed by atoms with van der Waals surface area (Å²) < 4.78 is 25.4. The summed E-state index contributed by atoms with van der Waals surface area (Å²) in [5.74, 6) is 0. The van der Waals surface area contributed by atoms with Gasteiger partial charge in [-0.15, -0.1) is 0 Å². The molecule has 0 spiro atoms. The second-order valence-corrected chi connectivity index (χ2v) is 4.29. The molecule has 1 aromatic rings. The Balaban J connectivity index is 3.43. The average molecular weight is 222 g/mol. The molecule has 6 nitrogen and oxygen atoms in total. The van der Waals surface area contributed by atoms with Crippen molar-refractivity contribution in [2.45, 2.75) is 11.8 Å². The Labute approximate surface area is 86.4 Å². The highest BCUT2D eigenvalue weighted by Gasteiger charge is 2.14. The number of azide groups is 1. The van der Waals surface area contributed by atoms with Crippen LogP contribution in [0.25, 0.3) is 10.4 Å². The Kier molecular flexibility index (Phi) is 2.95. The average Bonchev–Trinajstić information content (AvgIpc) is 2.17. The van der Waals surface area contributed by atoms with Crippen LogP contribution >= 0.6 is 0 Å². The van der Waals surface area contributed by atoms with Crippen molar-refractivity contribution in [2.24, 2.45) is 4.52 Å². The molecular formula is C8H6N4O2S. The predicted molar refractivity (Wildman–Crippen MR) is 52.2 cm³/mol. The third-order valence-electron chi connectivity index (χ3n) is 1.73. The number of benzene rings is 1. The van der Waals surface area contributed by atoms with Crippen LogP contribution in [-0.2, 0) is 10.0 Å². The number of hydrogen-bond acceptors (Lipinski definition) is 3. The van der Waals surface area contributed by atoms with Crippen LogP contribution in [0, 0.1) is 18.3 Å². The molecule has 0 aliphatic carbocycles. The smallest absolute Gasteiger partial charge is 0.216 e. The molecule has 1 rings (SSSR count). The van der Waals surface area contributed by atoms with Crippen molar-refractivity contribution >= 4 is 10.0 Å². The number of sulfonamides is 1. The SMILES string of the molecule is Cc1cc(C#N)ccc1S(=O)(=O)N=[N+]=[N-]. The number of rotatable bonds is 2. The van der Waals surface area contributed by atoms with Crippen LogP contribution in [0.1, 0.15) is 11.1 Å². The minimum Gasteiger partial charge on any atom is -0.216 e. The molecular weight excluding hydrogens is 216 g/mol. The molecule has 0 heterocycles. The Morgan fingerprint density at radius 3 is 2.67 bits per heavy atom. The van der Waals surface area contributed by atoms with Gasteiger partial charge in [-0.2, -0.15) is 5.26 Å². The summed E-state index contributed by atoms with van der Waals surface area (Å²) in [4.78, 5) is 2.16. The molecule has 0 radical (unpaired) electrons. The van der Waals surface area contributed by atoms with Gasteiger partial charge >= 0.3 is 0 Å². The van der Waals surface area contributed by atoms with Crippen LogP contribution < -0.4 is 0 Å². The van der Waals surface area contributed by atoms with Gasteiger partial charge in [0.25, 0.3) is 10.0 Å². The molecule has 0 N–H and O–H groups in total.